The van der Waals surface area contributed by atoms with Gasteiger partial charge < -0.3 is 10.0 Å². The van der Waals surface area contributed by atoms with E-state index in [1.165, 1.54) is 0 Å². The van der Waals surface area contributed by atoms with E-state index in [-0.39, 0.29) is 28.8 Å². The minimum absolute atomic E-state index is 0.0524. The van der Waals surface area contributed by atoms with Crippen LogP contribution in [0.2, 0.25) is 0 Å². The van der Waals surface area contributed by atoms with Crippen molar-refractivity contribution in [2.45, 2.75) is 71.3 Å². The molecule has 0 bridgehead atoms. The minimum Gasteiger partial charge on any atom is -0.393 e. The lowest BCUT2D eigenvalue weighted by atomic mass is 9.44. The summed E-state index contributed by atoms with van der Waals surface area (Å²) < 4.78 is 0. The summed E-state index contributed by atoms with van der Waals surface area (Å²) in [6.07, 6.45) is 7.09. The van der Waals surface area contributed by atoms with Crippen LogP contribution in [0.4, 0.5) is 0 Å². The van der Waals surface area contributed by atoms with Crippen molar-refractivity contribution in [3.05, 3.63) is 0 Å². The average Bonchev–Trinajstić information content (AvgIpc) is 2.90. The van der Waals surface area contributed by atoms with Crippen molar-refractivity contribution < 1.29 is 14.7 Å². The van der Waals surface area contributed by atoms with E-state index in [0.717, 1.165) is 44.9 Å². The van der Waals surface area contributed by atoms with Crippen LogP contribution < -0.4 is 0 Å². The molecule has 1 N–H and O–H groups in total. The molecule has 1 amide bonds. The van der Waals surface area contributed by atoms with Crippen LogP contribution in [0.3, 0.4) is 0 Å². The number of carbonyl (C=O) groups excluding carboxylic acids is 2. The summed E-state index contributed by atoms with van der Waals surface area (Å²) in [5, 5.41) is 11.3. The molecular weight excluding hydrogens is 326 g/mol. The molecular formula is C22H35NO3. The lowest BCUT2D eigenvalue weighted by molar-refractivity contribution is -0.176. The molecule has 4 nitrogen and oxygen atoms in total. The molecule has 0 aromatic rings. The van der Waals surface area contributed by atoms with Gasteiger partial charge >= 0.3 is 0 Å². The zero-order valence-corrected chi connectivity index (χ0v) is 16.8. The summed E-state index contributed by atoms with van der Waals surface area (Å²) in [5.41, 5.74) is 0.0246. The van der Waals surface area contributed by atoms with Crippen LogP contribution in [0, 0.1) is 40.4 Å². The van der Waals surface area contributed by atoms with Gasteiger partial charge in [-0.3, -0.25) is 9.59 Å². The lowest BCUT2D eigenvalue weighted by Gasteiger charge is -2.61. The molecule has 4 fully saturated rings. The standard InChI is InChI=1S/C22H35NO3/c1-21-10-9-14(24)11-13(21)5-6-15-16-7-8-17(20(26)23(3)4)22(16,2)12-18(25)19(15)21/h13,15-19,25H,5-12H2,1-4H3/t13?,15?,16?,17?,18-,19?,21-,22-/m0/s1. The van der Waals surface area contributed by atoms with Crippen molar-refractivity contribution in [3.8, 4) is 0 Å². The Labute approximate surface area is 157 Å². The van der Waals surface area contributed by atoms with Crippen LogP contribution in [0.1, 0.15) is 65.2 Å². The Morgan fingerprint density at radius 2 is 1.85 bits per heavy atom. The van der Waals surface area contributed by atoms with Gasteiger partial charge in [0.2, 0.25) is 5.91 Å². The fraction of sp³-hybridized carbons (Fsp3) is 0.909. The highest BCUT2D eigenvalue weighted by molar-refractivity contribution is 5.80. The number of carbonyl (C=O) groups is 2. The molecule has 8 atom stereocenters. The summed E-state index contributed by atoms with van der Waals surface area (Å²) in [5.74, 6) is 2.52. The Kier molecular flexibility index (Phi) is 4.30. The van der Waals surface area contributed by atoms with Crippen molar-refractivity contribution in [1.82, 2.24) is 4.90 Å². The molecule has 146 valence electrons. The molecule has 0 aromatic heterocycles. The lowest BCUT2D eigenvalue weighted by Crippen LogP contribution is -2.59. The molecule has 4 aliphatic carbocycles. The first kappa shape index (κ1) is 18.5. The number of fused-ring (bicyclic) bond motifs is 5. The second-order valence-corrected chi connectivity index (χ2v) is 10.5. The van der Waals surface area contributed by atoms with Crippen LogP contribution in [0.25, 0.3) is 0 Å². The van der Waals surface area contributed by atoms with Crippen molar-refractivity contribution >= 4 is 11.7 Å². The second kappa shape index (κ2) is 6.05. The fourth-order valence-electron chi connectivity index (χ4n) is 7.89. The molecule has 0 radical (unpaired) electrons. The van der Waals surface area contributed by atoms with Crippen LogP contribution in [0.5, 0.6) is 0 Å². The maximum atomic E-state index is 12.8. The molecule has 26 heavy (non-hydrogen) atoms. The van der Waals surface area contributed by atoms with Gasteiger partial charge in [-0.1, -0.05) is 13.8 Å². The Bertz CT molecular complexity index is 617. The highest BCUT2D eigenvalue weighted by atomic mass is 16.3. The van der Waals surface area contributed by atoms with Crippen LogP contribution in [-0.2, 0) is 9.59 Å². The predicted octanol–water partition coefficient (Wildman–Crippen LogP) is 3.27. The van der Waals surface area contributed by atoms with Crippen LogP contribution in [-0.4, -0.2) is 41.9 Å². The first-order valence-electron chi connectivity index (χ1n) is 10.6. The third kappa shape index (κ3) is 2.43. The normalized spacial score (nSPS) is 50.6. The Morgan fingerprint density at radius 1 is 1.12 bits per heavy atom. The third-order valence-electron chi connectivity index (χ3n) is 9.15. The minimum atomic E-state index is -0.335. The SMILES string of the molecule is CN(C)C(=O)C1CCC2C3CCC4CC(=O)CC[C@]4(C)C3[C@@H](O)C[C@]12C. The van der Waals surface area contributed by atoms with Gasteiger partial charge in [-0.05, 0) is 73.0 Å². The largest absolute Gasteiger partial charge is 0.393 e. The number of aliphatic hydroxyl groups excluding tert-OH is 1. The Balaban J connectivity index is 1.65. The summed E-state index contributed by atoms with van der Waals surface area (Å²) in [6.45, 7) is 4.62. The maximum absolute atomic E-state index is 12.8. The number of ketones is 1. The molecule has 4 heteroatoms. The van der Waals surface area contributed by atoms with Gasteiger partial charge in [-0.2, -0.15) is 0 Å². The number of hydrogen-bond acceptors (Lipinski definition) is 3. The van der Waals surface area contributed by atoms with E-state index in [1.807, 2.05) is 14.1 Å². The van der Waals surface area contributed by atoms with E-state index in [2.05, 4.69) is 13.8 Å². The number of aliphatic hydroxyl groups is 1. The van der Waals surface area contributed by atoms with Crippen molar-refractivity contribution in [2.24, 2.45) is 40.4 Å². The Hall–Kier alpha value is -0.900. The molecule has 0 saturated heterocycles. The van der Waals surface area contributed by atoms with Crippen molar-refractivity contribution in [3.63, 3.8) is 0 Å². The fourth-order valence-corrected chi connectivity index (χ4v) is 7.89. The molecule has 4 saturated carbocycles. The number of rotatable bonds is 1. The van der Waals surface area contributed by atoms with E-state index in [4.69, 9.17) is 0 Å². The van der Waals surface area contributed by atoms with Gasteiger partial charge in [0, 0.05) is 32.9 Å². The average molecular weight is 362 g/mol. The van der Waals surface area contributed by atoms with E-state index < -0.39 is 0 Å². The first-order chi connectivity index (χ1) is 12.2. The molecule has 4 rings (SSSR count). The topological polar surface area (TPSA) is 57.6 Å². The van der Waals surface area contributed by atoms with Crippen LogP contribution in [0.15, 0.2) is 0 Å². The molecule has 0 spiro atoms. The maximum Gasteiger partial charge on any atom is 0.225 e. The molecule has 0 aromatic carbocycles. The van der Waals surface area contributed by atoms with E-state index in [9.17, 15) is 14.7 Å². The quantitative estimate of drug-likeness (QED) is 0.780. The van der Waals surface area contributed by atoms with Crippen LogP contribution >= 0.6 is 0 Å². The van der Waals surface area contributed by atoms with E-state index in [0.29, 0.717) is 35.9 Å². The second-order valence-electron chi connectivity index (χ2n) is 10.5. The molecule has 5 unspecified atom stereocenters. The molecule has 4 aliphatic rings. The first-order valence-corrected chi connectivity index (χ1v) is 10.6. The zero-order valence-electron chi connectivity index (χ0n) is 16.8. The Morgan fingerprint density at radius 3 is 2.54 bits per heavy atom. The van der Waals surface area contributed by atoms with Gasteiger partial charge in [0.15, 0.2) is 0 Å². The van der Waals surface area contributed by atoms with Gasteiger partial charge in [-0.25, -0.2) is 0 Å². The molecule has 0 aliphatic heterocycles. The predicted molar refractivity (Wildman–Crippen MR) is 100 cm³/mol. The zero-order chi connectivity index (χ0) is 18.9. The van der Waals surface area contributed by atoms with Gasteiger partial charge in [0.1, 0.15) is 5.78 Å². The third-order valence-corrected chi connectivity index (χ3v) is 9.15. The van der Waals surface area contributed by atoms with Crippen molar-refractivity contribution in [1.29, 1.82) is 0 Å². The smallest absolute Gasteiger partial charge is 0.225 e. The summed E-state index contributed by atoms with van der Waals surface area (Å²) in [4.78, 5) is 26.6. The summed E-state index contributed by atoms with van der Waals surface area (Å²) in [7, 11) is 3.71. The monoisotopic (exact) mass is 361 g/mol. The summed E-state index contributed by atoms with van der Waals surface area (Å²) >= 11 is 0. The number of amides is 1. The van der Waals surface area contributed by atoms with Gasteiger partial charge in [-0.15, -0.1) is 0 Å². The number of nitrogens with zero attached hydrogens (tertiary/aromatic N) is 1. The van der Waals surface area contributed by atoms with Crippen molar-refractivity contribution in [2.75, 3.05) is 14.1 Å². The van der Waals surface area contributed by atoms with E-state index >= 15 is 0 Å². The highest BCUT2D eigenvalue weighted by Crippen LogP contribution is 2.67. The van der Waals surface area contributed by atoms with Gasteiger partial charge in [0.25, 0.3) is 0 Å². The highest BCUT2D eigenvalue weighted by Gasteiger charge is 2.64. The molecule has 0 heterocycles. The number of hydrogen-bond donors (Lipinski definition) is 1. The van der Waals surface area contributed by atoms with E-state index in [1.54, 1.807) is 4.90 Å². The summed E-state index contributed by atoms with van der Waals surface area (Å²) in [6, 6.07) is 0. The number of Topliss-reactive ketones (excluding diaryl/α,β-unsaturated/α-hetero) is 1. The van der Waals surface area contributed by atoms with Gasteiger partial charge in [0.05, 0.1) is 6.10 Å².